The molecule has 4 rings (SSSR count). The van der Waals surface area contributed by atoms with Crippen LogP contribution in [0.3, 0.4) is 0 Å². The Morgan fingerprint density at radius 1 is 0.767 bits per heavy atom. The number of nitrogens with zero attached hydrogens (tertiary/aromatic N) is 2. The maximum atomic E-state index is 12.5. The van der Waals surface area contributed by atoms with Gasteiger partial charge in [0.15, 0.2) is 0 Å². The van der Waals surface area contributed by atoms with Gasteiger partial charge >= 0.3 is 0 Å². The van der Waals surface area contributed by atoms with Crippen molar-refractivity contribution in [1.82, 2.24) is 9.80 Å². The third-order valence-corrected chi connectivity index (χ3v) is 6.10. The highest BCUT2D eigenvalue weighted by Crippen LogP contribution is 2.29. The van der Waals surface area contributed by atoms with Gasteiger partial charge in [0.25, 0.3) is 0 Å². The second-order valence-electron chi connectivity index (χ2n) is 7.61. The second-order valence-corrected chi connectivity index (χ2v) is 8.23. The number of hydrogen-bond donors (Lipinski definition) is 0. The average molecular weight is 419 g/mol. The van der Waals surface area contributed by atoms with Gasteiger partial charge in [-0.25, -0.2) is 0 Å². The van der Waals surface area contributed by atoms with Crippen molar-refractivity contribution >= 4 is 18.2 Å². The van der Waals surface area contributed by atoms with Gasteiger partial charge in [-0.2, -0.15) is 3.89 Å². The molecule has 0 spiro atoms. The number of benzene rings is 3. The lowest BCUT2D eigenvalue weighted by Crippen LogP contribution is -2.47. The molecule has 3 aromatic carbocycles. The van der Waals surface area contributed by atoms with Crippen LogP contribution in [-0.2, 0) is 0 Å². The normalized spacial score (nSPS) is 15.8. The molecule has 0 N–H and O–H groups in total. The first-order valence-corrected chi connectivity index (χ1v) is 11.2. The topological polar surface area (TPSA) is 6.48 Å². The van der Waals surface area contributed by atoms with Gasteiger partial charge in [0.05, 0.1) is 18.2 Å². The molecule has 0 amide bonds. The molecular formula is C26H27FN2S. The van der Waals surface area contributed by atoms with Crippen LogP contribution in [0.1, 0.15) is 22.7 Å². The van der Waals surface area contributed by atoms with Gasteiger partial charge in [0, 0.05) is 37.6 Å². The fourth-order valence-corrected chi connectivity index (χ4v) is 4.30. The minimum Gasteiger partial charge on any atom is -0.297 e. The second kappa shape index (κ2) is 10.6. The summed E-state index contributed by atoms with van der Waals surface area (Å²) in [4.78, 5) is 5.74. The first kappa shape index (κ1) is 20.9. The van der Waals surface area contributed by atoms with Gasteiger partial charge in [-0.1, -0.05) is 84.9 Å². The summed E-state index contributed by atoms with van der Waals surface area (Å²) in [6.07, 6.45) is 4.33. The molecule has 1 saturated heterocycles. The highest BCUT2D eigenvalue weighted by Gasteiger charge is 2.25. The van der Waals surface area contributed by atoms with E-state index in [2.05, 4.69) is 82.6 Å². The lowest BCUT2D eigenvalue weighted by molar-refractivity contribution is 0.118. The minimum absolute atomic E-state index is 0.286. The molecule has 1 fully saturated rings. The van der Waals surface area contributed by atoms with Crippen LogP contribution in [0.25, 0.3) is 6.08 Å². The Morgan fingerprint density at radius 3 is 1.87 bits per heavy atom. The van der Waals surface area contributed by atoms with Gasteiger partial charge < -0.3 is 0 Å². The predicted molar refractivity (Wildman–Crippen MR) is 125 cm³/mol. The average Bonchev–Trinajstić information content (AvgIpc) is 2.82. The predicted octanol–water partition coefficient (Wildman–Crippen LogP) is 6.08. The van der Waals surface area contributed by atoms with E-state index in [-0.39, 0.29) is 12.1 Å². The van der Waals surface area contributed by atoms with Gasteiger partial charge in [-0.15, -0.1) is 0 Å². The Bertz CT molecular complexity index is 881. The first-order chi connectivity index (χ1) is 14.8. The Balaban J connectivity index is 1.36. The van der Waals surface area contributed by atoms with E-state index in [1.807, 2.05) is 24.3 Å². The van der Waals surface area contributed by atoms with E-state index in [9.17, 15) is 3.89 Å². The van der Waals surface area contributed by atoms with Crippen molar-refractivity contribution in [3.63, 3.8) is 0 Å². The Hall–Kier alpha value is -2.40. The highest BCUT2D eigenvalue weighted by atomic mass is 32.2. The molecule has 1 heterocycles. The first-order valence-electron chi connectivity index (χ1n) is 10.4. The van der Waals surface area contributed by atoms with Gasteiger partial charge in [0.2, 0.25) is 0 Å². The van der Waals surface area contributed by atoms with Crippen LogP contribution in [-0.4, -0.2) is 42.5 Å². The van der Waals surface area contributed by atoms with Gasteiger partial charge in [-0.05, 0) is 28.8 Å². The third kappa shape index (κ3) is 5.39. The molecule has 154 valence electrons. The van der Waals surface area contributed by atoms with Crippen LogP contribution in [0.15, 0.2) is 95.9 Å². The van der Waals surface area contributed by atoms with Crippen molar-refractivity contribution < 1.29 is 3.89 Å². The van der Waals surface area contributed by atoms with Crippen molar-refractivity contribution in [2.45, 2.75) is 10.9 Å². The molecule has 0 aromatic heterocycles. The van der Waals surface area contributed by atoms with Crippen molar-refractivity contribution in [2.75, 3.05) is 32.7 Å². The van der Waals surface area contributed by atoms with E-state index in [0.717, 1.165) is 38.3 Å². The molecule has 1 aliphatic heterocycles. The summed E-state index contributed by atoms with van der Waals surface area (Å²) in [5.41, 5.74) is 3.82. The molecule has 3 aromatic rings. The van der Waals surface area contributed by atoms with E-state index < -0.39 is 0 Å². The van der Waals surface area contributed by atoms with E-state index >= 15 is 0 Å². The zero-order valence-electron chi connectivity index (χ0n) is 17.0. The van der Waals surface area contributed by atoms with Crippen LogP contribution in [0, 0.1) is 0 Å². The molecule has 1 aliphatic rings. The van der Waals surface area contributed by atoms with Crippen molar-refractivity contribution in [3.8, 4) is 0 Å². The number of piperazine rings is 1. The molecular weight excluding hydrogens is 391 g/mol. The molecule has 0 radical (unpaired) electrons. The number of halogens is 1. The van der Waals surface area contributed by atoms with E-state index in [0.29, 0.717) is 10.9 Å². The van der Waals surface area contributed by atoms with Crippen LogP contribution >= 0.6 is 12.1 Å². The molecule has 4 heteroatoms. The van der Waals surface area contributed by atoms with Crippen molar-refractivity contribution in [1.29, 1.82) is 0 Å². The molecule has 0 atom stereocenters. The van der Waals surface area contributed by atoms with Crippen LogP contribution in [0.2, 0.25) is 0 Å². The van der Waals surface area contributed by atoms with Crippen LogP contribution in [0.5, 0.6) is 0 Å². The maximum absolute atomic E-state index is 12.5. The standard InChI is InChI=1S/C26H27FN2S/c27-30-25-15-13-22(14-16-25)8-7-17-28-18-20-29(21-19-28)26(23-9-3-1-4-10-23)24-11-5-2-6-12-24/h1-16,26H,17-21H2/b8-7+. The summed E-state index contributed by atoms with van der Waals surface area (Å²) in [7, 11) is 0. The van der Waals surface area contributed by atoms with E-state index in [1.54, 1.807) is 0 Å². The fraction of sp³-hybridized carbons (Fsp3) is 0.231. The Labute approximate surface area is 183 Å². The highest BCUT2D eigenvalue weighted by molar-refractivity contribution is 7.94. The van der Waals surface area contributed by atoms with E-state index in [4.69, 9.17) is 0 Å². The third-order valence-electron chi connectivity index (χ3n) is 5.65. The van der Waals surface area contributed by atoms with E-state index in [1.165, 1.54) is 11.1 Å². The zero-order chi connectivity index (χ0) is 20.6. The Morgan fingerprint density at radius 2 is 1.33 bits per heavy atom. The summed E-state index contributed by atoms with van der Waals surface area (Å²) in [6.45, 7) is 5.14. The minimum atomic E-state index is 0.286. The molecule has 0 saturated carbocycles. The number of rotatable bonds is 7. The Kier molecular flexibility index (Phi) is 7.35. The van der Waals surface area contributed by atoms with Crippen molar-refractivity contribution in [2.24, 2.45) is 0 Å². The summed E-state index contributed by atoms with van der Waals surface area (Å²) in [5.74, 6) is 0. The summed E-state index contributed by atoms with van der Waals surface area (Å²) < 4.78 is 12.5. The SMILES string of the molecule is FSc1ccc(/C=C/CN2CCN(C(c3ccccc3)c3ccccc3)CC2)cc1. The largest absolute Gasteiger partial charge is 0.297 e. The van der Waals surface area contributed by atoms with Gasteiger partial charge in [-0.3, -0.25) is 9.80 Å². The quantitative estimate of drug-likeness (QED) is 0.459. The summed E-state index contributed by atoms with van der Waals surface area (Å²) in [6, 6.07) is 29.5. The molecule has 2 nitrogen and oxygen atoms in total. The van der Waals surface area contributed by atoms with Gasteiger partial charge in [0.1, 0.15) is 0 Å². The van der Waals surface area contributed by atoms with Crippen LogP contribution in [0.4, 0.5) is 3.89 Å². The fourth-order valence-electron chi connectivity index (χ4n) is 4.06. The summed E-state index contributed by atoms with van der Waals surface area (Å²) >= 11 is 0.286. The molecule has 0 unspecified atom stereocenters. The van der Waals surface area contributed by atoms with Crippen LogP contribution < -0.4 is 0 Å². The monoisotopic (exact) mass is 418 g/mol. The smallest absolute Gasteiger partial charge is 0.0812 e. The lowest BCUT2D eigenvalue weighted by Gasteiger charge is -2.39. The maximum Gasteiger partial charge on any atom is 0.0812 e. The number of hydrogen-bond acceptors (Lipinski definition) is 3. The zero-order valence-corrected chi connectivity index (χ0v) is 17.8. The molecule has 0 bridgehead atoms. The molecule has 30 heavy (non-hydrogen) atoms. The van der Waals surface area contributed by atoms with Crippen molar-refractivity contribution in [3.05, 3.63) is 108 Å². The lowest BCUT2D eigenvalue weighted by atomic mass is 9.96. The summed E-state index contributed by atoms with van der Waals surface area (Å²) in [5, 5.41) is 0. The molecule has 0 aliphatic carbocycles.